The minimum atomic E-state index is -1.08. The highest BCUT2D eigenvalue weighted by atomic mass is 16.3. The molecule has 0 radical (unpaired) electrons. The number of aryl methyl sites for hydroxylation is 1. The van der Waals surface area contributed by atoms with Gasteiger partial charge in [-0.1, -0.05) is 48.5 Å². The number of aliphatic hydroxyl groups is 2. The fourth-order valence-corrected chi connectivity index (χ4v) is 2.41. The van der Waals surface area contributed by atoms with E-state index in [1.165, 1.54) is 0 Å². The van der Waals surface area contributed by atoms with Gasteiger partial charge in [0.1, 0.15) is 0 Å². The number of carbonyl (C=O) groups excluding carboxylic acids is 1. The number of nitrogens with one attached hydrogen (secondary N) is 1. The van der Waals surface area contributed by atoms with Gasteiger partial charge >= 0.3 is 0 Å². The van der Waals surface area contributed by atoms with Crippen LogP contribution in [0.4, 0.5) is 0 Å². The van der Waals surface area contributed by atoms with Gasteiger partial charge in [-0.05, 0) is 24.1 Å². The van der Waals surface area contributed by atoms with Crippen molar-refractivity contribution < 1.29 is 15.0 Å². The molecule has 0 aliphatic rings. The fourth-order valence-electron chi connectivity index (χ4n) is 2.41. The van der Waals surface area contributed by atoms with Crippen LogP contribution in [0.25, 0.3) is 0 Å². The van der Waals surface area contributed by atoms with Crippen LogP contribution in [-0.2, 0) is 6.42 Å². The Kier molecular flexibility index (Phi) is 5.31. The Bertz CT molecular complexity index is 621. The minimum absolute atomic E-state index is 0.294. The van der Waals surface area contributed by atoms with Crippen LogP contribution in [0, 0.1) is 6.92 Å². The highest BCUT2D eigenvalue weighted by Gasteiger charge is 2.31. The lowest BCUT2D eigenvalue weighted by Gasteiger charge is -2.31. The maximum Gasteiger partial charge on any atom is 0.252 e. The molecule has 2 rings (SSSR count). The van der Waals surface area contributed by atoms with E-state index >= 15 is 0 Å². The summed E-state index contributed by atoms with van der Waals surface area (Å²) in [5.74, 6) is -0.294. The van der Waals surface area contributed by atoms with E-state index in [1.807, 2.05) is 49.4 Å². The van der Waals surface area contributed by atoms with E-state index in [1.54, 1.807) is 12.1 Å². The average Bonchev–Trinajstić information content (AvgIpc) is 2.55. The summed E-state index contributed by atoms with van der Waals surface area (Å²) >= 11 is 0. The van der Waals surface area contributed by atoms with Crippen molar-refractivity contribution in [3.05, 3.63) is 71.3 Å². The Hall–Kier alpha value is -2.17. The largest absolute Gasteiger partial charge is 0.394 e. The molecule has 116 valence electrons. The molecule has 3 N–H and O–H groups in total. The summed E-state index contributed by atoms with van der Waals surface area (Å²) in [5.41, 5.74) is 1.25. The molecule has 0 spiro atoms. The third-order valence-electron chi connectivity index (χ3n) is 3.76. The quantitative estimate of drug-likeness (QED) is 0.760. The lowest BCUT2D eigenvalue weighted by atomic mass is 9.91. The van der Waals surface area contributed by atoms with E-state index in [-0.39, 0.29) is 19.1 Å². The predicted molar refractivity (Wildman–Crippen MR) is 85.7 cm³/mol. The maximum atomic E-state index is 12.5. The lowest BCUT2D eigenvalue weighted by molar-refractivity contribution is 0.0667. The molecule has 4 nitrogen and oxygen atoms in total. The molecule has 0 saturated carbocycles. The van der Waals surface area contributed by atoms with E-state index in [9.17, 15) is 15.0 Å². The van der Waals surface area contributed by atoms with Gasteiger partial charge in [-0.2, -0.15) is 0 Å². The van der Waals surface area contributed by atoms with Gasteiger partial charge < -0.3 is 15.5 Å². The van der Waals surface area contributed by atoms with Gasteiger partial charge in [0.2, 0.25) is 0 Å². The molecule has 0 aliphatic heterocycles. The van der Waals surface area contributed by atoms with Crippen LogP contribution < -0.4 is 5.32 Å². The zero-order valence-electron chi connectivity index (χ0n) is 12.6. The second kappa shape index (κ2) is 7.20. The third kappa shape index (κ3) is 3.72. The molecule has 1 amide bonds. The van der Waals surface area contributed by atoms with Crippen LogP contribution in [0.5, 0.6) is 0 Å². The maximum absolute atomic E-state index is 12.5. The number of hydrogen-bond donors (Lipinski definition) is 3. The van der Waals surface area contributed by atoms with Crippen molar-refractivity contribution in [1.82, 2.24) is 5.32 Å². The van der Waals surface area contributed by atoms with Gasteiger partial charge in [0.15, 0.2) is 0 Å². The number of benzene rings is 2. The Morgan fingerprint density at radius 3 is 2.18 bits per heavy atom. The number of carbonyl (C=O) groups is 1. The molecule has 4 heteroatoms. The van der Waals surface area contributed by atoms with Gasteiger partial charge in [0, 0.05) is 12.0 Å². The van der Waals surface area contributed by atoms with E-state index in [0.29, 0.717) is 12.0 Å². The second-order valence-electron chi connectivity index (χ2n) is 5.53. The molecule has 0 aromatic heterocycles. The Labute approximate surface area is 130 Å². The van der Waals surface area contributed by atoms with E-state index in [0.717, 1.165) is 11.1 Å². The first kappa shape index (κ1) is 16.2. The molecule has 0 heterocycles. The number of amides is 1. The normalized spacial score (nSPS) is 11.2. The number of hydrogen-bond acceptors (Lipinski definition) is 3. The topological polar surface area (TPSA) is 69.6 Å². The van der Waals surface area contributed by atoms with E-state index in [4.69, 9.17) is 0 Å². The van der Waals surface area contributed by atoms with Crippen molar-refractivity contribution >= 4 is 5.91 Å². The lowest BCUT2D eigenvalue weighted by Crippen LogP contribution is -2.56. The molecule has 0 bridgehead atoms. The first-order chi connectivity index (χ1) is 10.6. The summed E-state index contributed by atoms with van der Waals surface area (Å²) in [6.07, 6.45) is 0.360. The van der Waals surface area contributed by atoms with Crippen molar-refractivity contribution in [2.75, 3.05) is 13.2 Å². The second-order valence-corrected chi connectivity index (χ2v) is 5.53. The summed E-state index contributed by atoms with van der Waals surface area (Å²) in [6, 6.07) is 16.7. The average molecular weight is 299 g/mol. The van der Waals surface area contributed by atoms with E-state index < -0.39 is 5.54 Å². The number of aliphatic hydroxyl groups excluding tert-OH is 2. The van der Waals surface area contributed by atoms with Crippen LogP contribution in [0.2, 0.25) is 0 Å². The highest BCUT2D eigenvalue weighted by molar-refractivity contribution is 5.96. The summed E-state index contributed by atoms with van der Waals surface area (Å²) < 4.78 is 0. The first-order valence-electron chi connectivity index (χ1n) is 7.24. The van der Waals surface area contributed by atoms with Crippen LogP contribution in [0.1, 0.15) is 21.5 Å². The van der Waals surface area contributed by atoms with Gasteiger partial charge in [-0.15, -0.1) is 0 Å². The molecule has 0 saturated heterocycles. The Balaban J connectivity index is 2.21. The van der Waals surface area contributed by atoms with Gasteiger partial charge in [0.05, 0.1) is 18.8 Å². The van der Waals surface area contributed by atoms with Gasteiger partial charge in [-0.3, -0.25) is 4.79 Å². The standard InChI is InChI=1S/C18H21NO3/c1-14-7-5-6-10-16(14)17(22)19-18(12-20,13-21)11-15-8-3-2-4-9-15/h2-10,20-21H,11-13H2,1H3,(H,19,22). The zero-order chi connectivity index (χ0) is 16.0. The van der Waals surface area contributed by atoms with Crippen LogP contribution in [-0.4, -0.2) is 34.9 Å². The molecule has 2 aromatic rings. The van der Waals surface area contributed by atoms with Crippen molar-refractivity contribution in [2.24, 2.45) is 0 Å². The third-order valence-corrected chi connectivity index (χ3v) is 3.76. The number of rotatable bonds is 6. The molecule has 0 atom stereocenters. The van der Waals surface area contributed by atoms with Gasteiger partial charge in [-0.25, -0.2) is 0 Å². The minimum Gasteiger partial charge on any atom is -0.394 e. The van der Waals surface area contributed by atoms with Crippen molar-refractivity contribution in [3.8, 4) is 0 Å². The van der Waals surface area contributed by atoms with Crippen LogP contribution in [0.15, 0.2) is 54.6 Å². The summed E-state index contributed by atoms with van der Waals surface area (Å²) in [6.45, 7) is 1.18. The smallest absolute Gasteiger partial charge is 0.252 e. The molecular formula is C18H21NO3. The Morgan fingerprint density at radius 1 is 1.00 bits per heavy atom. The molecule has 2 aromatic carbocycles. The van der Waals surface area contributed by atoms with Crippen molar-refractivity contribution in [1.29, 1.82) is 0 Å². The SMILES string of the molecule is Cc1ccccc1C(=O)NC(CO)(CO)Cc1ccccc1. The summed E-state index contributed by atoms with van der Waals surface area (Å²) in [5, 5.41) is 22.3. The summed E-state index contributed by atoms with van der Waals surface area (Å²) in [4.78, 5) is 12.5. The highest BCUT2D eigenvalue weighted by Crippen LogP contribution is 2.15. The Morgan fingerprint density at radius 2 is 1.59 bits per heavy atom. The van der Waals surface area contributed by atoms with E-state index in [2.05, 4.69) is 5.32 Å². The zero-order valence-corrected chi connectivity index (χ0v) is 12.6. The van der Waals surface area contributed by atoms with Crippen molar-refractivity contribution in [3.63, 3.8) is 0 Å². The molecular weight excluding hydrogens is 278 g/mol. The fraction of sp³-hybridized carbons (Fsp3) is 0.278. The van der Waals surface area contributed by atoms with Gasteiger partial charge in [0.25, 0.3) is 5.91 Å². The molecule has 0 unspecified atom stereocenters. The first-order valence-corrected chi connectivity index (χ1v) is 7.24. The molecule has 0 aliphatic carbocycles. The van der Waals surface area contributed by atoms with Crippen molar-refractivity contribution in [2.45, 2.75) is 18.9 Å². The molecule has 0 fully saturated rings. The molecule has 22 heavy (non-hydrogen) atoms. The van der Waals surface area contributed by atoms with Crippen LogP contribution >= 0.6 is 0 Å². The summed E-state index contributed by atoms with van der Waals surface area (Å²) in [7, 11) is 0. The van der Waals surface area contributed by atoms with Crippen LogP contribution in [0.3, 0.4) is 0 Å². The monoisotopic (exact) mass is 299 g/mol. The predicted octanol–water partition coefficient (Wildman–Crippen LogP) is 1.69.